The zero-order valence-corrected chi connectivity index (χ0v) is 14.2. The first-order chi connectivity index (χ1) is 11.1. The summed E-state index contributed by atoms with van der Waals surface area (Å²) in [6.07, 6.45) is 0. The number of amides is 1. The summed E-state index contributed by atoms with van der Waals surface area (Å²) in [7, 11) is 0. The van der Waals surface area contributed by atoms with Gasteiger partial charge in [0, 0.05) is 32.1 Å². The van der Waals surface area contributed by atoms with E-state index in [9.17, 15) is 10.1 Å². The Balaban J connectivity index is 2.00. The van der Waals surface area contributed by atoms with Gasteiger partial charge in [0.15, 0.2) is 0 Å². The van der Waals surface area contributed by atoms with Crippen molar-refractivity contribution < 1.29 is 9.53 Å². The third-order valence-electron chi connectivity index (χ3n) is 4.11. The lowest BCUT2D eigenvalue weighted by Crippen LogP contribution is -2.50. The highest BCUT2D eigenvalue weighted by atomic mass is 16.5. The van der Waals surface area contributed by atoms with E-state index < -0.39 is 0 Å². The molecular formula is C18H25N3O2. The van der Waals surface area contributed by atoms with Crippen molar-refractivity contribution in [2.24, 2.45) is 5.92 Å². The third-order valence-corrected chi connectivity index (χ3v) is 4.11. The second-order valence-corrected chi connectivity index (χ2v) is 6.05. The van der Waals surface area contributed by atoms with Gasteiger partial charge in [0.1, 0.15) is 11.8 Å². The van der Waals surface area contributed by atoms with Crippen molar-refractivity contribution in [2.75, 3.05) is 32.8 Å². The smallest absolute Gasteiger partial charge is 0.225 e. The van der Waals surface area contributed by atoms with Crippen LogP contribution in [0.15, 0.2) is 24.3 Å². The molecule has 0 radical (unpaired) electrons. The summed E-state index contributed by atoms with van der Waals surface area (Å²) in [5.41, 5.74) is 0.972. The summed E-state index contributed by atoms with van der Waals surface area (Å²) in [6.45, 7) is 9.25. The van der Waals surface area contributed by atoms with Gasteiger partial charge in [0.2, 0.25) is 5.91 Å². The Morgan fingerprint density at radius 1 is 1.22 bits per heavy atom. The molecule has 5 heteroatoms. The Labute approximate surface area is 138 Å². The summed E-state index contributed by atoms with van der Waals surface area (Å²) in [6, 6.07) is 9.82. The molecule has 0 aromatic heterocycles. The standard InChI is InChI=1S/C18H25N3O2/c1-4-23-16-7-5-15(6-8-16)17(13-19)20-9-11-21(12-10-20)18(22)14(2)3/h5-8,14,17H,4,9-12H2,1-3H3. The largest absolute Gasteiger partial charge is 0.494 e. The van der Waals surface area contributed by atoms with Gasteiger partial charge in [-0.2, -0.15) is 5.26 Å². The Morgan fingerprint density at radius 2 is 1.83 bits per heavy atom. The van der Waals surface area contributed by atoms with Crippen molar-refractivity contribution >= 4 is 5.91 Å². The van der Waals surface area contributed by atoms with E-state index in [0.29, 0.717) is 19.7 Å². The lowest BCUT2D eigenvalue weighted by Gasteiger charge is -2.37. The highest BCUT2D eigenvalue weighted by Crippen LogP contribution is 2.24. The molecule has 0 spiro atoms. The molecule has 1 aromatic rings. The van der Waals surface area contributed by atoms with Crippen LogP contribution in [0.1, 0.15) is 32.4 Å². The second kappa shape index (κ2) is 7.98. The molecule has 23 heavy (non-hydrogen) atoms. The van der Waals surface area contributed by atoms with Crippen LogP contribution in [0, 0.1) is 17.2 Å². The summed E-state index contributed by atoms with van der Waals surface area (Å²) in [4.78, 5) is 16.1. The molecule has 1 amide bonds. The van der Waals surface area contributed by atoms with Gasteiger partial charge < -0.3 is 9.64 Å². The van der Waals surface area contributed by atoms with E-state index in [1.807, 2.05) is 49.9 Å². The highest BCUT2D eigenvalue weighted by molar-refractivity contribution is 5.78. The number of piperazine rings is 1. The molecule has 5 nitrogen and oxygen atoms in total. The van der Waals surface area contributed by atoms with Crippen LogP contribution >= 0.6 is 0 Å². The Morgan fingerprint density at radius 3 is 2.30 bits per heavy atom. The number of nitriles is 1. The fraction of sp³-hybridized carbons (Fsp3) is 0.556. The van der Waals surface area contributed by atoms with Gasteiger partial charge in [-0.05, 0) is 24.6 Å². The zero-order valence-electron chi connectivity index (χ0n) is 14.2. The fourth-order valence-electron chi connectivity index (χ4n) is 2.85. The molecule has 1 fully saturated rings. The van der Waals surface area contributed by atoms with Gasteiger partial charge >= 0.3 is 0 Å². The van der Waals surface area contributed by atoms with E-state index in [1.54, 1.807) is 0 Å². The first-order valence-corrected chi connectivity index (χ1v) is 8.22. The lowest BCUT2D eigenvalue weighted by atomic mass is 10.0. The Hall–Kier alpha value is -2.06. The minimum atomic E-state index is -0.276. The van der Waals surface area contributed by atoms with Crippen molar-refractivity contribution in [3.8, 4) is 11.8 Å². The maximum absolute atomic E-state index is 12.0. The monoisotopic (exact) mass is 315 g/mol. The van der Waals surface area contributed by atoms with Crippen LogP contribution < -0.4 is 4.74 Å². The maximum atomic E-state index is 12.0. The summed E-state index contributed by atoms with van der Waals surface area (Å²) < 4.78 is 5.44. The zero-order chi connectivity index (χ0) is 16.8. The molecule has 0 N–H and O–H groups in total. The first kappa shape index (κ1) is 17.3. The quantitative estimate of drug-likeness (QED) is 0.837. The average Bonchev–Trinajstić information content (AvgIpc) is 2.57. The first-order valence-electron chi connectivity index (χ1n) is 8.22. The molecule has 1 heterocycles. The summed E-state index contributed by atoms with van der Waals surface area (Å²) in [5, 5.41) is 9.56. The molecule has 1 saturated heterocycles. The van der Waals surface area contributed by atoms with Crippen molar-refractivity contribution in [1.82, 2.24) is 9.80 Å². The molecular weight excluding hydrogens is 290 g/mol. The minimum Gasteiger partial charge on any atom is -0.494 e. The molecule has 0 bridgehead atoms. The van der Waals surface area contributed by atoms with E-state index in [-0.39, 0.29) is 17.9 Å². The van der Waals surface area contributed by atoms with Crippen LogP contribution in [-0.4, -0.2) is 48.5 Å². The van der Waals surface area contributed by atoms with Gasteiger partial charge in [-0.25, -0.2) is 0 Å². The van der Waals surface area contributed by atoms with E-state index >= 15 is 0 Å². The minimum absolute atomic E-state index is 0.0272. The van der Waals surface area contributed by atoms with Crippen LogP contribution in [0.5, 0.6) is 5.75 Å². The molecule has 0 saturated carbocycles. The SMILES string of the molecule is CCOc1ccc(C(C#N)N2CCN(C(=O)C(C)C)CC2)cc1. The van der Waals surface area contributed by atoms with Gasteiger partial charge in [-0.3, -0.25) is 9.69 Å². The van der Waals surface area contributed by atoms with Crippen molar-refractivity contribution in [3.05, 3.63) is 29.8 Å². The lowest BCUT2D eigenvalue weighted by molar-refractivity contribution is -0.136. The van der Waals surface area contributed by atoms with Gasteiger partial charge in [-0.15, -0.1) is 0 Å². The van der Waals surface area contributed by atoms with Gasteiger partial charge in [-0.1, -0.05) is 26.0 Å². The molecule has 124 valence electrons. The van der Waals surface area contributed by atoms with E-state index in [2.05, 4.69) is 11.0 Å². The number of rotatable bonds is 5. The third kappa shape index (κ3) is 4.23. The van der Waals surface area contributed by atoms with Crippen molar-refractivity contribution in [2.45, 2.75) is 26.8 Å². The van der Waals surface area contributed by atoms with Gasteiger partial charge in [0.25, 0.3) is 0 Å². The molecule has 0 aliphatic carbocycles. The summed E-state index contributed by atoms with van der Waals surface area (Å²) >= 11 is 0. The van der Waals surface area contributed by atoms with Gasteiger partial charge in [0.05, 0.1) is 12.7 Å². The maximum Gasteiger partial charge on any atom is 0.225 e. The normalized spacial score (nSPS) is 16.9. The molecule has 1 aliphatic rings. The number of hydrogen-bond acceptors (Lipinski definition) is 4. The summed E-state index contributed by atoms with van der Waals surface area (Å²) in [5.74, 6) is 1.04. The number of hydrogen-bond donors (Lipinski definition) is 0. The molecule has 1 aromatic carbocycles. The van der Waals surface area contributed by atoms with Crippen LogP contribution in [0.25, 0.3) is 0 Å². The Kier molecular flexibility index (Phi) is 6.00. The number of benzene rings is 1. The number of carbonyl (C=O) groups excluding carboxylic acids is 1. The molecule has 1 atom stereocenters. The predicted molar refractivity (Wildman–Crippen MR) is 89.0 cm³/mol. The molecule has 2 rings (SSSR count). The second-order valence-electron chi connectivity index (χ2n) is 6.05. The van der Waals surface area contributed by atoms with Crippen LogP contribution in [0.4, 0.5) is 0 Å². The highest BCUT2D eigenvalue weighted by Gasteiger charge is 2.27. The number of nitrogens with zero attached hydrogens (tertiary/aromatic N) is 3. The van der Waals surface area contributed by atoms with Crippen LogP contribution in [0.2, 0.25) is 0 Å². The van der Waals surface area contributed by atoms with E-state index in [0.717, 1.165) is 24.4 Å². The average molecular weight is 315 g/mol. The Bertz CT molecular complexity index is 555. The predicted octanol–water partition coefficient (Wildman–Crippen LogP) is 2.45. The van der Waals surface area contributed by atoms with Crippen molar-refractivity contribution in [1.29, 1.82) is 5.26 Å². The number of ether oxygens (including phenoxy) is 1. The fourth-order valence-corrected chi connectivity index (χ4v) is 2.85. The van der Waals surface area contributed by atoms with E-state index in [1.165, 1.54) is 0 Å². The van der Waals surface area contributed by atoms with Crippen molar-refractivity contribution in [3.63, 3.8) is 0 Å². The molecule has 1 aliphatic heterocycles. The van der Waals surface area contributed by atoms with E-state index in [4.69, 9.17) is 4.74 Å². The molecule has 1 unspecified atom stereocenters. The van der Waals surface area contributed by atoms with Crippen LogP contribution in [0.3, 0.4) is 0 Å². The topological polar surface area (TPSA) is 56.6 Å². The van der Waals surface area contributed by atoms with Crippen LogP contribution in [-0.2, 0) is 4.79 Å². The number of carbonyl (C=O) groups is 1.